The first kappa shape index (κ1) is 26.7. The van der Waals surface area contributed by atoms with Gasteiger partial charge in [-0.15, -0.1) is 0 Å². The molecule has 5 rings (SSSR count). The first-order valence-corrected chi connectivity index (χ1v) is 13.1. The van der Waals surface area contributed by atoms with Gasteiger partial charge in [-0.05, 0) is 35.1 Å². The maximum Gasteiger partial charge on any atom is 0.337 e. The van der Waals surface area contributed by atoms with Gasteiger partial charge in [0.25, 0.3) is 5.92 Å². The van der Waals surface area contributed by atoms with Crippen LogP contribution in [0, 0.1) is 5.92 Å². The van der Waals surface area contributed by atoms with Gasteiger partial charge < -0.3 is 20.6 Å². The quantitative estimate of drug-likeness (QED) is 0.472. The minimum Gasteiger partial charge on any atom is -0.479 e. The molecule has 2 aromatic rings. The van der Waals surface area contributed by atoms with Crippen LogP contribution < -0.4 is 10.6 Å². The van der Waals surface area contributed by atoms with Gasteiger partial charge in [-0.25, -0.2) is 18.6 Å². The van der Waals surface area contributed by atoms with E-state index in [0.29, 0.717) is 6.42 Å². The molecule has 0 aromatic heterocycles. The fourth-order valence-electron chi connectivity index (χ4n) is 5.69. The van der Waals surface area contributed by atoms with Crippen molar-refractivity contribution in [3.8, 4) is 0 Å². The minimum atomic E-state index is -3.13. The number of halogens is 4. The van der Waals surface area contributed by atoms with Crippen molar-refractivity contribution in [1.82, 2.24) is 10.2 Å². The Morgan fingerprint density at radius 3 is 2.66 bits per heavy atom. The molecule has 7 nitrogen and oxygen atoms in total. The normalized spacial score (nSPS) is 25.1. The van der Waals surface area contributed by atoms with E-state index in [9.17, 15) is 23.5 Å². The zero-order chi connectivity index (χ0) is 27.6. The van der Waals surface area contributed by atoms with Crippen LogP contribution in [0.15, 0.2) is 41.4 Å². The molecule has 3 heterocycles. The van der Waals surface area contributed by atoms with E-state index in [-0.39, 0.29) is 39.2 Å². The number of fused-ring (bicyclic) bond motifs is 5. The van der Waals surface area contributed by atoms with Crippen LogP contribution in [0.5, 0.6) is 0 Å². The van der Waals surface area contributed by atoms with Crippen LogP contribution in [0.25, 0.3) is 0 Å². The summed E-state index contributed by atoms with van der Waals surface area (Å²) in [6, 6.07) is 9.70. The Morgan fingerprint density at radius 1 is 1.24 bits per heavy atom. The van der Waals surface area contributed by atoms with Gasteiger partial charge in [-0.3, -0.25) is 4.79 Å². The molecule has 0 radical (unpaired) electrons. The Morgan fingerprint density at radius 2 is 1.97 bits per heavy atom. The molecular formula is C27H28Cl2F2N4O3. The van der Waals surface area contributed by atoms with Crippen LogP contribution in [0.2, 0.25) is 10.0 Å². The molecule has 0 saturated carbocycles. The summed E-state index contributed by atoms with van der Waals surface area (Å²) in [5.74, 6) is -6.74. The second kappa shape index (κ2) is 9.09. The Kier molecular flexibility index (Phi) is 6.38. The number of benzene rings is 2. The van der Waals surface area contributed by atoms with Crippen LogP contribution in [0.3, 0.4) is 0 Å². The highest BCUT2D eigenvalue weighted by Crippen LogP contribution is 2.53. The SMILES string of the molecule is CC(C)(C)c1cccc(CCNC(=O)C2C3CC(F)(F)CN3C3=NC2(C(=O)O)c2cc(Cl)cc(Cl)c2N3)c1. The third-order valence-electron chi connectivity index (χ3n) is 7.52. The minimum absolute atomic E-state index is 0.0469. The summed E-state index contributed by atoms with van der Waals surface area (Å²) < 4.78 is 29.4. The smallest absolute Gasteiger partial charge is 0.337 e. The van der Waals surface area contributed by atoms with Crippen molar-refractivity contribution < 1.29 is 23.5 Å². The Labute approximate surface area is 229 Å². The highest BCUT2D eigenvalue weighted by atomic mass is 35.5. The number of aliphatic imine (C=N–C) groups is 1. The lowest BCUT2D eigenvalue weighted by atomic mass is 9.70. The summed E-state index contributed by atoms with van der Waals surface area (Å²) in [4.78, 5) is 32.4. The predicted octanol–water partition coefficient (Wildman–Crippen LogP) is 5.05. The van der Waals surface area contributed by atoms with E-state index in [1.54, 1.807) is 0 Å². The number of carboxylic acids is 1. The van der Waals surface area contributed by atoms with Gasteiger partial charge in [0.2, 0.25) is 17.4 Å². The number of guanidine groups is 1. The molecule has 202 valence electrons. The molecule has 3 unspecified atom stereocenters. The van der Waals surface area contributed by atoms with E-state index in [1.807, 2.05) is 18.2 Å². The first-order chi connectivity index (χ1) is 17.7. The number of hydrogen-bond acceptors (Lipinski definition) is 5. The lowest BCUT2D eigenvalue weighted by Crippen LogP contribution is -2.64. The lowest BCUT2D eigenvalue weighted by Gasteiger charge is -2.48. The Balaban J connectivity index is 1.51. The number of rotatable bonds is 5. The van der Waals surface area contributed by atoms with Gasteiger partial charge in [0.05, 0.1) is 29.2 Å². The molecule has 2 bridgehead atoms. The molecule has 3 aliphatic rings. The summed E-state index contributed by atoms with van der Waals surface area (Å²) in [5, 5.41) is 16.5. The molecule has 2 aromatic carbocycles. The van der Waals surface area contributed by atoms with Crippen LogP contribution in [-0.2, 0) is 27.0 Å². The number of nitrogens with zero attached hydrogens (tertiary/aromatic N) is 2. The lowest BCUT2D eigenvalue weighted by molar-refractivity contribution is -0.152. The van der Waals surface area contributed by atoms with E-state index in [1.165, 1.54) is 17.0 Å². The predicted molar refractivity (Wildman–Crippen MR) is 142 cm³/mol. The molecule has 1 amide bonds. The van der Waals surface area contributed by atoms with Crippen molar-refractivity contribution in [2.75, 3.05) is 18.4 Å². The van der Waals surface area contributed by atoms with Crippen molar-refractivity contribution in [2.45, 2.75) is 56.5 Å². The molecule has 3 aliphatic heterocycles. The van der Waals surface area contributed by atoms with Gasteiger partial charge in [0, 0.05) is 23.6 Å². The molecule has 38 heavy (non-hydrogen) atoms. The number of alkyl halides is 2. The number of amides is 1. The van der Waals surface area contributed by atoms with E-state index in [2.05, 4.69) is 42.5 Å². The average Bonchev–Trinajstić information content (AvgIpc) is 3.14. The van der Waals surface area contributed by atoms with E-state index >= 15 is 0 Å². The summed E-state index contributed by atoms with van der Waals surface area (Å²) >= 11 is 12.6. The summed E-state index contributed by atoms with van der Waals surface area (Å²) in [6.45, 7) is 5.82. The fraction of sp³-hybridized carbons (Fsp3) is 0.444. The Bertz CT molecular complexity index is 1360. The number of nitrogens with one attached hydrogen (secondary N) is 2. The molecule has 0 aliphatic carbocycles. The average molecular weight is 565 g/mol. The molecule has 3 N–H and O–H groups in total. The zero-order valence-corrected chi connectivity index (χ0v) is 22.6. The second-order valence-electron chi connectivity index (χ2n) is 11.2. The van der Waals surface area contributed by atoms with Crippen LogP contribution in [0.4, 0.5) is 14.5 Å². The highest BCUT2D eigenvalue weighted by molar-refractivity contribution is 6.37. The van der Waals surface area contributed by atoms with Crippen molar-refractivity contribution >= 4 is 46.7 Å². The molecule has 11 heteroatoms. The molecule has 1 fully saturated rings. The summed E-state index contributed by atoms with van der Waals surface area (Å²) in [5.41, 5.74) is 0.168. The van der Waals surface area contributed by atoms with Crippen molar-refractivity contribution in [3.05, 3.63) is 63.1 Å². The van der Waals surface area contributed by atoms with Gasteiger partial charge >= 0.3 is 5.97 Å². The van der Waals surface area contributed by atoms with Gasteiger partial charge in [0.1, 0.15) is 0 Å². The van der Waals surface area contributed by atoms with Crippen molar-refractivity contribution in [1.29, 1.82) is 0 Å². The molecule has 1 saturated heterocycles. The van der Waals surface area contributed by atoms with E-state index in [0.717, 1.165) is 11.1 Å². The Hall–Kier alpha value is -2.91. The number of carbonyl (C=O) groups is 2. The first-order valence-electron chi connectivity index (χ1n) is 12.3. The van der Waals surface area contributed by atoms with Gasteiger partial charge in [0.15, 0.2) is 0 Å². The monoisotopic (exact) mass is 564 g/mol. The van der Waals surface area contributed by atoms with E-state index in [4.69, 9.17) is 23.2 Å². The largest absolute Gasteiger partial charge is 0.479 e. The number of carboxylic acid groups (broad SMARTS) is 1. The van der Waals surface area contributed by atoms with Gasteiger partial charge in [-0.2, -0.15) is 0 Å². The van der Waals surface area contributed by atoms with Crippen LogP contribution >= 0.6 is 23.2 Å². The van der Waals surface area contributed by atoms with Crippen molar-refractivity contribution in [2.24, 2.45) is 10.9 Å². The third-order valence-corrected chi connectivity index (χ3v) is 8.03. The fourth-order valence-corrected chi connectivity index (χ4v) is 6.23. The van der Waals surface area contributed by atoms with E-state index < -0.39 is 48.3 Å². The molecule has 3 atom stereocenters. The molecule has 0 spiro atoms. The standard InChI is InChI=1S/C27H28Cl2F2N4O3/c1-25(2,3)15-6-4-5-14(9-15)7-8-32-22(36)20-19-12-26(30,31)13-35(19)24-33-21-17(10-16(28)11-18(21)29)27(20,34-24)23(37)38/h4-6,9-11,19-20H,7-8,12-13H2,1-3H3,(H,32,36)(H,33,34)(H,37,38). The topological polar surface area (TPSA) is 94.0 Å². The number of hydrogen-bond donors (Lipinski definition) is 3. The highest BCUT2D eigenvalue weighted by Gasteiger charge is 2.65. The van der Waals surface area contributed by atoms with Crippen molar-refractivity contribution in [3.63, 3.8) is 0 Å². The van der Waals surface area contributed by atoms with Crippen LogP contribution in [0.1, 0.15) is 43.9 Å². The number of anilines is 1. The number of carbonyl (C=O) groups excluding carboxylic acids is 1. The summed E-state index contributed by atoms with van der Waals surface area (Å²) in [6.07, 6.45) is -0.199. The maximum atomic E-state index is 14.7. The zero-order valence-electron chi connectivity index (χ0n) is 21.1. The maximum absolute atomic E-state index is 14.7. The second-order valence-corrected chi connectivity index (χ2v) is 12.0. The summed E-state index contributed by atoms with van der Waals surface area (Å²) in [7, 11) is 0. The van der Waals surface area contributed by atoms with Gasteiger partial charge in [-0.1, -0.05) is 68.2 Å². The van der Waals surface area contributed by atoms with Crippen LogP contribution in [-0.4, -0.2) is 52.9 Å². The molecular weight excluding hydrogens is 537 g/mol. The number of aliphatic carboxylic acids is 1. The third kappa shape index (κ3) is 4.39.